The molecule has 0 unspecified atom stereocenters. The van der Waals surface area contributed by atoms with Gasteiger partial charge in [0.15, 0.2) is 5.82 Å². The molecule has 0 saturated carbocycles. The standard InChI is InChI=1S/C23H31N5O4/c1-16-21(25-17(2)29)23(28(26-16)19-6-4-3-5-7-19)27-10-8-18(9-11-27)22(30)24-14-20-15-31-12-13-32-20/h3-7,18,20H,8-15H2,1-2H3,(H,24,30)(H,25,29)/t20-/m0/s1. The molecule has 0 spiro atoms. The first kappa shape index (κ1) is 22.3. The van der Waals surface area contributed by atoms with Crippen LogP contribution in [-0.4, -0.2) is 67.2 Å². The van der Waals surface area contributed by atoms with Crippen LogP contribution in [0.2, 0.25) is 0 Å². The summed E-state index contributed by atoms with van der Waals surface area (Å²) in [5.74, 6) is 0.739. The van der Waals surface area contributed by atoms with E-state index in [0.717, 1.165) is 35.7 Å². The summed E-state index contributed by atoms with van der Waals surface area (Å²) < 4.78 is 12.9. The summed E-state index contributed by atoms with van der Waals surface area (Å²) in [5, 5.41) is 10.7. The zero-order valence-electron chi connectivity index (χ0n) is 18.7. The SMILES string of the molecule is CC(=O)Nc1c(C)nn(-c2ccccc2)c1N1CCC(C(=O)NC[C@H]2COCCO2)CC1. The van der Waals surface area contributed by atoms with Crippen LogP contribution in [0, 0.1) is 12.8 Å². The van der Waals surface area contributed by atoms with Gasteiger partial charge in [-0.1, -0.05) is 18.2 Å². The van der Waals surface area contributed by atoms with E-state index in [1.165, 1.54) is 6.92 Å². The van der Waals surface area contributed by atoms with Crippen molar-refractivity contribution in [1.29, 1.82) is 0 Å². The minimum atomic E-state index is -0.134. The Balaban J connectivity index is 1.45. The monoisotopic (exact) mass is 441 g/mol. The second-order valence-corrected chi connectivity index (χ2v) is 8.29. The van der Waals surface area contributed by atoms with Crippen molar-refractivity contribution in [3.05, 3.63) is 36.0 Å². The highest BCUT2D eigenvalue weighted by molar-refractivity contribution is 5.93. The van der Waals surface area contributed by atoms with Gasteiger partial charge < -0.3 is 25.0 Å². The minimum Gasteiger partial charge on any atom is -0.376 e. The molecule has 2 amide bonds. The lowest BCUT2D eigenvalue weighted by Gasteiger charge is -2.34. The summed E-state index contributed by atoms with van der Waals surface area (Å²) >= 11 is 0. The lowest BCUT2D eigenvalue weighted by Crippen LogP contribution is -2.45. The van der Waals surface area contributed by atoms with E-state index in [9.17, 15) is 9.59 Å². The maximum absolute atomic E-state index is 12.7. The highest BCUT2D eigenvalue weighted by Crippen LogP contribution is 2.34. The van der Waals surface area contributed by atoms with Gasteiger partial charge in [-0.25, -0.2) is 4.68 Å². The Bertz CT molecular complexity index is 931. The number of ether oxygens (including phenoxy) is 2. The Hall–Kier alpha value is -2.91. The second-order valence-electron chi connectivity index (χ2n) is 8.29. The molecule has 2 N–H and O–H groups in total. The van der Waals surface area contributed by atoms with E-state index < -0.39 is 0 Å². The van der Waals surface area contributed by atoms with Gasteiger partial charge in [0.1, 0.15) is 5.69 Å². The average molecular weight is 442 g/mol. The molecule has 4 rings (SSSR count). The van der Waals surface area contributed by atoms with Crippen molar-refractivity contribution in [1.82, 2.24) is 15.1 Å². The van der Waals surface area contributed by atoms with Gasteiger partial charge in [-0.15, -0.1) is 0 Å². The number of aryl methyl sites for hydroxylation is 1. The fraction of sp³-hybridized carbons (Fsp3) is 0.522. The van der Waals surface area contributed by atoms with Crippen molar-refractivity contribution < 1.29 is 19.1 Å². The van der Waals surface area contributed by atoms with Crippen LogP contribution in [0.5, 0.6) is 0 Å². The molecule has 2 aliphatic rings. The molecule has 9 heteroatoms. The van der Waals surface area contributed by atoms with E-state index in [-0.39, 0.29) is 23.8 Å². The molecule has 2 aliphatic heterocycles. The predicted octanol–water partition coefficient (Wildman–Crippen LogP) is 1.89. The number of benzene rings is 1. The van der Waals surface area contributed by atoms with Gasteiger partial charge >= 0.3 is 0 Å². The molecule has 2 aromatic rings. The zero-order valence-corrected chi connectivity index (χ0v) is 18.7. The van der Waals surface area contributed by atoms with E-state index >= 15 is 0 Å². The van der Waals surface area contributed by atoms with E-state index in [1.54, 1.807) is 0 Å². The first-order valence-electron chi connectivity index (χ1n) is 11.2. The van der Waals surface area contributed by atoms with E-state index in [4.69, 9.17) is 14.6 Å². The van der Waals surface area contributed by atoms with Crippen molar-refractivity contribution in [3.63, 3.8) is 0 Å². The Morgan fingerprint density at radius 2 is 1.91 bits per heavy atom. The number of amides is 2. The van der Waals surface area contributed by atoms with Crippen LogP contribution in [0.4, 0.5) is 11.5 Å². The minimum absolute atomic E-state index is 0.0471. The van der Waals surface area contributed by atoms with Crippen LogP contribution in [-0.2, 0) is 19.1 Å². The fourth-order valence-electron chi connectivity index (χ4n) is 4.25. The van der Waals surface area contributed by atoms with E-state index in [1.807, 2.05) is 41.9 Å². The van der Waals surface area contributed by atoms with E-state index in [0.29, 0.717) is 39.5 Å². The van der Waals surface area contributed by atoms with Crippen molar-refractivity contribution >= 4 is 23.3 Å². The van der Waals surface area contributed by atoms with Crippen LogP contribution < -0.4 is 15.5 Å². The number of hydrogen-bond donors (Lipinski definition) is 2. The van der Waals surface area contributed by atoms with Gasteiger partial charge in [0.2, 0.25) is 11.8 Å². The van der Waals surface area contributed by atoms with Gasteiger partial charge in [0, 0.05) is 32.5 Å². The number of nitrogens with one attached hydrogen (secondary N) is 2. The third-order valence-electron chi connectivity index (χ3n) is 5.89. The van der Waals surface area contributed by atoms with Gasteiger partial charge in [-0.3, -0.25) is 9.59 Å². The van der Waals surface area contributed by atoms with Crippen LogP contribution in [0.3, 0.4) is 0 Å². The molecule has 0 radical (unpaired) electrons. The number of para-hydroxylation sites is 1. The Morgan fingerprint density at radius 1 is 1.16 bits per heavy atom. The Kier molecular flexibility index (Phi) is 7.06. The number of hydrogen-bond acceptors (Lipinski definition) is 6. The molecule has 1 atom stereocenters. The Morgan fingerprint density at radius 3 is 2.56 bits per heavy atom. The largest absolute Gasteiger partial charge is 0.376 e. The maximum atomic E-state index is 12.7. The summed E-state index contributed by atoms with van der Waals surface area (Å²) in [5.41, 5.74) is 2.41. The van der Waals surface area contributed by atoms with Gasteiger partial charge in [-0.05, 0) is 31.9 Å². The average Bonchev–Trinajstić information content (AvgIpc) is 3.14. The van der Waals surface area contributed by atoms with E-state index in [2.05, 4.69) is 15.5 Å². The normalized spacial score (nSPS) is 19.6. The third kappa shape index (κ3) is 5.11. The molecular formula is C23H31N5O4. The smallest absolute Gasteiger partial charge is 0.223 e. The first-order valence-corrected chi connectivity index (χ1v) is 11.2. The molecule has 1 aromatic heterocycles. The second kappa shape index (κ2) is 10.1. The predicted molar refractivity (Wildman–Crippen MR) is 121 cm³/mol. The molecule has 0 bridgehead atoms. The molecular weight excluding hydrogens is 410 g/mol. The topological polar surface area (TPSA) is 97.7 Å². The van der Waals surface area contributed by atoms with Gasteiger partial charge in [-0.2, -0.15) is 5.10 Å². The summed E-state index contributed by atoms with van der Waals surface area (Å²) in [4.78, 5) is 26.7. The number of anilines is 2. The number of piperidine rings is 1. The lowest BCUT2D eigenvalue weighted by molar-refractivity contribution is -0.128. The quantitative estimate of drug-likeness (QED) is 0.711. The molecule has 2 fully saturated rings. The lowest BCUT2D eigenvalue weighted by atomic mass is 9.95. The summed E-state index contributed by atoms with van der Waals surface area (Å²) in [6.07, 6.45) is 1.38. The van der Waals surface area contributed by atoms with Crippen LogP contribution in [0.25, 0.3) is 5.69 Å². The molecule has 9 nitrogen and oxygen atoms in total. The van der Waals surface area contributed by atoms with Crippen molar-refractivity contribution in [3.8, 4) is 5.69 Å². The molecule has 0 aliphatic carbocycles. The zero-order chi connectivity index (χ0) is 22.5. The number of aromatic nitrogens is 2. The van der Waals surface area contributed by atoms with Gasteiger partial charge in [0.05, 0.1) is 37.3 Å². The Labute approximate surface area is 188 Å². The highest BCUT2D eigenvalue weighted by atomic mass is 16.6. The van der Waals surface area contributed by atoms with Crippen molar-refractivity contribution in [2.45, 2.75) is 32.8 Å². The number of rotatable bonds is 6. The van der Waals surface area contributed by atoms with Crippen LogP contribution >= 0.6 is 0 Å². The molecule has 2 saturated heterocycles. The third-order valence-corrected chi connectivity index (χ3v) is 5.89. The summed E-state index contributed by atoms with van der Waals surface area (Å²) in [6, 6.07) is 9.87. The van der Waals surface area contributed by atoms with Crippen molar-refractivity contribution in [2.24, 2.45) is 5.92 Å². The van der Waals surface area contributed by atoms with Crippen LogP contribution in [0.1, 0.15) is 25.5 Å². The number of carbonyl (C=O) groups is 2. The van der Waals surface area contributed by atoms with Gasteiger partial charge in [0.25, 0.3) is 0 Å². The number of carbonyl (C=O) groups excluding carboxylic acids is 2. The van der Waals surface area contributed by atoms with Crippen LogP contribution in [0.15, 0.2) is 30.3 Å². The van der Waals surface area contributed by atoms with Crippen molar-refractivity contribution in [2.75, 3.05) is 49.7 Å². The molecule has 172 valence electrons. The summed E-state index contributed by atoms with van der Waals surface area (Å²) in [7, 11) is 0. The fourth-order valence-corrected chi connectivity index (χ4v) is 4.25. The first-order chi connectivity index (χ1) is 15.5. The highest BCUT2D eigenvalue weighted by Gasteiger charge is 2.30. The molecule has 1 aromatic carbocycles. The summed E-state index contributed by atoms with van der Waals surface area (Å²) in [6.45, 7) is 6.98. The number of nitrogens with zero attached hydrogens (tertiary/aromatic N) is 3. The maximum Gasteiger partial charge on any atom is 0.223 e. The molecule has 32 heavy (non-hydrogen) atoms. The molecule has 3 heterocycles.